The van der Waals surface area contributed by atoms with Crippen LogP contribution in [0.25, 0.3) is 0 Å². The largest absolute Gasteiger partial charge is 0.480 e. The highest BCUT2D eigenvalue weighted by atomic mass is 79.9. The molecule has 2 unspecified atom stereocenters. The van der Waals surface area contributed by atoms with E-state index in [-0.39, 0.29) is 34.0 Å². The van der Waals surface area contributed by atoms with E-state index >= 15 is 0 Å². The Kier molecular flexibility index (Phi) is 15.9. The van der Waals surface area contributed by atoms with E-state index < -0.39 is 24.0 Å². The summed E-state index contributed by atoms with van der Waals surface area (Å²) in [6, 6.07) is -1.56. The molecule has 2 atom stereocenters. The smallest absolute Gasteiger partial charge is 0.325 e. The zero-order valence-corrected chi connectivity index (χ0v) is 13.1. The van der Waals surface area contributed by atoms with Crippen molar-refractivity contribution >= 4 is 45.8 Å². The summed E-state index contributed by atoms with van der Waals surface area (Å²) in [4.78, 5) is 21.8. The molecule has 0 rings (SSSR count). The van der Waals surface area contributed by atoms with E-state index in [1.165, 1.54) is 6.92 Å². The Balaban J connectivity index is -0.000000980. The molecule has 0 fully saturated rings. The van der Waals surface area contributed by atoms with E-state index in [2.05, 4.69) is 5.32 Å². The van der Waals surface area contributed by atoms with Gasteiger partial charge in [-0.05, 0) is 26.3 Å². The predicted octanol–water partition coefficient (Wildman–Crippen LogP) is 0.188. The van der Waals surface area contributed by atoms with Crippen LogP contribution in [0.2, 0.25) is 0 Å². The second kappa shape index (κ2) is 12.3. The summed E-state index contributed by atoms with van der Waals surface area (Å²) in [5, 5.41) is 10.9. The molecule has 0 aromatic rings. The van der Waals surface area contributed by atoms with Crippen LogP contribution < -0.4 is 16.8 Å². The lowest BCUT2D eigenvalue weighted by atomic mass is 10.1. The van der Waals surface area contributed by atoms with E-state index in [9.17, 15) is 9.59 Å². The van der Waals surface area contributed by atoms with Crippen LogP contribution in [-0.4, -0.2) is 35.6 Å². The van der Waals surface area contributed by atoms with Crippen molar-refractivity contribution in [3.63, 3.8) is 0 Å². The zero-order chi connectivity index (χ0) is 11.8. The van der Waals surface area contributed by atoms with Crippen LogP contribution in [0.5, 0.6) is 0 Å². The van der Waals surface area contributed by atoms with Gasteiger partial charge < -0.3 is 21.9 Å². The van der Waals surface area contributed by atoms with Gasteiger partial charge in [0.15, 0.2) is 0 Å². The van der Waals surface area contributed by atoms with Gasteiger partial charge in [-0.2, -0.15) is 0 Å². The minimum atomic E-state index is -1.07. The molecule has 0 spiro atoms. The zero-order valence-electron chi connectivity index (χ0n) is 9.72. The van der Waals surface area contributed by atoms with Crippen LogP contribution in [0.4, 0.5) is 0 Å². The fourth-order valence-corrected chi connectivity index (χ4v) is 1.02. The molecule has 6 nitrogen and oxygen atoms in total. The highest BCUT2D eigenvalue weighted by molar-refractivity contribution is 8.93. The van der Waals surface area contributed by atoms with Crippen molar-refractivity contribution in [1.29, 1.82) is 0 Å². The molecule has 0 heterocycles. The van der Waals surface area contributed by atoms with Crippen molar-refractivity contribution in [1.82, 2.24) is 5.32 Å². The number of hydrogen-bond donors (Lipinski definition) is 4. The Hall–Kier alpha value is -0.180. The number of rotatable bonds is 7. The van der Waals surface area contributed by atoms with Gasteiger partial charge in [0.05, 0.1) is 6.04 Å². The molecule has 104 valence electrons. The average Bonchev–Trinajstić information content (AvgIpc) is 2.17. The Morgan fingerprint density at radius 3 is 2.24 bits per heavy atom. The minimum absolute atomic E-state index is 0. The van der Waals surface area contributed by atoms with E-state index in [0.717, 1.165) is 12.8 Å². The van der Waals surface area contributed by atoms with E-state index in [0.29, 0.717) is 13.0 Å². The first-order valence-electron chi connectivity index (χ1n) is 4.98. The summed E-state index contributed by atoms with van der Waals surface area (Å²) in [6.45, 7) is 1.96. The van der Waals surface area contributed by atoms with Crippen LogP contribution in [0.3, 0.4) is 0 Å². The molecule has 0 saturated carbocycles. The van der Waals surface area contributed by atoms with E-state index in [1.54, 1.807) is 0 Å². The molecule has 0 aliphatic rings. The van der Waals surface area contributed by atoms with Crippen LogP contribution in [-0.2, 0) is 9.59 Å². The summed E-state index contributed by atoms with van der Waals surface area (Å²) in [5.41, 5.74) is 10.9. The molecule has 0 bridgehead atoms. The number of carbonyl (C=O) groups excluding carboxylic acids is 1. The summed E-state index contributed by atoms with van der Waals surface area (Å²) in [7, 11) is 0. The van der Waals surface area contributed by atoms with Gasteiger partial charge in [-0.3, -0.25) is 9.59 Å². The molecule has 0 aromatic carbocycles. The molecule has 0 aromatic heterocycles. The number of carbonyl (C=O) groups is 2. The van der Waals surface area contributed by atoms with Crippen LogP contribution in [0.1, 0.15) is 26.2 Å². The third-order valence-electron chi connectivity index (χ3n) is 2.04. The Labute approximate surface area is 122 Å². The normalized spacial score (nSPS) is 12.6. The Bertz CT molecular complexity index is 230. The first kappa shape index (κ1) is 22.0. The number of carboxylic acids is 1. The number of carboxylic acid groups (broad SMARTS) is 1. The molecule has 0 saturated heterocycles. The topological polar surface area (TPSA) is 118 Å². The van der Waals surface area contributed by atoms with Crippen LogP contribution in [0, 0.1) is 0 Å². The maximum absolute atomic E-state index is 11.3. The highest BCUT2D eigenvalue weighted by Gasteiger charge is 2.18. The first-order valence-corrected chi connectivity index (χ1v) is 4.98. The van der Waals surface area contributed by atoms with E-state index in [4.69, 9.17) is 16.6 Å². The number of unbranched alkanes of at least 4 members (excludes halogenated alkanes) is 1. The minimum Gasteiger partial charge on any atom is -0.480 e. The fourth-order valence-electron chi connectivity index (χ4n) is 1.02. The third kappa shape index (κ3) is 10.7. The predicted molar refractivity (Wildman–Crippen MR) is 76.8 cm³/mol. The number of aliphatic carboxylic acids is 1. The molecule has 0 aliphatic heterocycles. The summed E-state index contributed by atoms with van der Waals surface area (Å²) >= 11 is 0. The monoisotopic (exact) mass is 377 g/mol. The van der Waals surface area contributed by atoms with Crippen LogP contribution in [0.15, 0.2) is 0 Å². The van der Waals surface area contributed by atoms with Crippen molar-refractivity contribution < 1.29 is 14.7 Å². The molecular weight excluding hydrogens is 358 g/mol. The van der Waals surface area contributed by atoms with Crippen molar-refractivity contribution in [2.45, 2.75) is 38.3 Å². The lowest BCUT2D eigenvalue weighted by Gasteiger charge is -2.14. The van der Waals surface area contributed by atoms with Crippen molar-refractivity contribution in [2.75, 3.05) is 6.54 Å². The van der Waals surface area contributed by atoms with Gasteiger partial charge in [0.2, 0.25) is 5.91 Å². The number of nitrogens with two attached hydrogens (primary N) is 2. The highest BCUT2D eigenvalue weighted by Crippen LogP contribution is 1.98. The Morgan fingerprint density at radius 2 is 1.82 bits per heavy atom. The molecule has 8 heteroatoms. The van der Waals surface area contributed by atoms with Gasteiger partial charge >= 0.3 is 5.97 Å². The molecule has 0 radical (unpaired) electrons. The molecule has 17 heavy (non-hydrogen) atoms. The average molecular weight is 379 g/mol. The SMILES string of the molecule is Br.Br.CC(NC(=O)C(N)CCCCN)C(=O)O. The molecular formula is C9H21Br2N3O3. The van der Waals surface area contributed by atoms with Crippen molar-refractivity contribution in [2.24, 2.45) is 11.5 Å². The van der Waals surface area contributed by atoms with Crippen molar-refractivity contribution in [3.05, 3.63) is 0 Å². The lowest BCUT2D eigenvalue weighted by molar-refractivity contribution is -0.141. The van der Waals surface area contributed by atoms with Gasteiger partial charge in [-0.25, -0.2) is 0 Å². The summed E-state index contributed by atoms with van der Waals surface area (Å²) in [6.07, 6.45) is 2.11. The Morgan fingerprint density at radius 1 is 1.29 bits per heavy atom. The van der Waals surface area contributed by atoms with E-state index in [1.807, 2.05) is 0 Å². The number of halogens is 2. The van der Waals surface area contributed by atoms with Crippen LogP contribution >= 0.6 is 34.0 Å². The van der Waals surface area contributed by atoms with Crippen molar-refractivity contribution in [3.8, 4) is 0 Å². The van der Waals surface area contributed by atoms with Gasteiger partial charge in [0.1, 0.15) is 6.04 Å². The molecule has 6 N–H and O–H groups in total. The van der Waals surface area contributed by atoms with Gasteiger partial charge in [0, 0.05) is 0 Å². The standard InChI is InChI=1S/C9H19N3O3.2BrH/c1-6(9(14)15)12-8(13)7(11)4-2-3-5-10;;/h6-7H,2-5,10-11H2,1H3,(H,12,13)(H,14,15);2*1H. The number of hydrogen-bond acceptors (Lipinski definition) is 4. The summed E-state index contributed by atoms with van der Waals surface area (Å²) < 4.78 is 0. The molecule has 1 amide bonds. The summed E-state index contributed by atoms with van der Waals surface area (Å²) in [5.74, 6) is -1.50. The second-order valence-electron chi connectivity index (χ2n) is 3.46. The fraction of sp³-hybridized carbons (Fsp3) is 0.778. The third-order valence-corrected chi connectivity index (χ3v) is 2.04. The second-order valence-corrected chi connectivity index (χ2v) is 3.46. The maximum Gasteiger partial charge on any atom is 0.325 e. The molecule has 0 aliphatic carbocycles. The van der Waals surface area contributed by atoms with Gasteiger partial charge in [-0.15, -0.1) is 34.0 Å². The number of nitrogens with one attached hydrogen (secondary N) is 1. The van der Waals surface area contributed by atoms with Gasteiger partial charge in [0.25, 0.3) is 0 Å². The lowest BCUT2D eigenvalue weighted by Crippen LogP contribution is -2.47. The van der Waals surface area contributed by atoms with Gasteiger partial charge in [-0.1, -0.05) is 6.42 Å². The maximum atomic E-state index is 11.3. The quantitative estimate of drug-likeness (QED) is 0.471. The first-order chi connectivity index (χ1) is 6.99. The number of amides is 1.